The number of hydrogen-bond donors (Lipinski definition) is 3. The minimum Gasteiger partial charge on any atom is -0.355 e. The molecule has 102 valence electrons. The van der Waals surface area contributed by atoms with Gasteiger partial charge in [-0.2, -0.15) is 0 Å². The Balaban J connectivity index is 2.56. The SMILES string of the molecule is CP(=O)(O)OCC1OC(N)C[C@@H]1OP(C)(=O)O. The van der Waals surface area contributed by atoms with Crippen LogP contribution in [0.25, 0.3) is 0 Å². The first-order chi connectivity index (χ1) is 7.57. The third kappa shape index (κ3) is 6.08. The maximum absolute atomic E-state index is 11.1. The summed E-state index contributed by atoms with van der Waals surface area (Å²) < 4.78 is 36.8. The lowest BCUT2D eigenvalue weighted by atomic mass is 10.2. The lowest BCUT2D eigenvalue weighted by molar-refractivity contribution is -0.0113. The van der Waals surface area contributed by atoms with Crippen molar-refractivity contribution in [3.63, 3.8) is 0 Å². The molecule has 8 nitrogen and oxygen atoms in total. The van der Waals surface area contributed by atoms with Crippen molar-refractivity contribution in [2.75, 3.05) is 19.9 Å². The third-order valence-electron chi connectivity index (χ3n) is 2.04. The monoisotopic (exact) mass is 289 g/mol. The molecule has 0 bridgehead atoms. The van der Waals surface area contributed by atoms with Crippen LogP contribution < -0.4 is 5.73 Å². The predicted octanol–water partition coefficient (Wildman–Crippen LogP) is 0.0923. The highest BCUT2D eigenvalue weighted by Crippen LogP contribution is 2.43. The van der Waals surface area contributed by atoms with Gasteiger partial charge in [-0.3, -0.25) is 9.13 Å². The molecule has 0 spiro atoms. The summed E-state index contributed by atoms with van der Waals surface area (Å²) >= 11 is 0. The Morgan fingerprint density at radius 1 is 1.35 bits per heavy atom. The van der Waals surface area contributed by atoms with Crippen molar-refractivity contribution in [2.24, 2.45) is 5.73 Å². The fraction of sp³-hybridized carbons (Fsp3) is 1.00. The van der Waals surface area contributed by atoms with Gasteiger partial charge in [-0.05, 0) is 0 Å². The van der Waals surface area contributed by atoms with E-state index in [1.165, 1.54) is 0 Å². The van der Waals surface area contributed by atoms with E-state index < -0.39 is 33.6 Å². The standard InChI is InChI=1S/C7H17NO7P2/c1-16(9,10)13-4-6-5(3-7(8)14-6)15-17(2,11)12/h5-7H,3-4,8H2,1-2H3,(H,9,10)(H,11,12)/t5-,6?,7?/m0/s1. The molecule has 1 aliphatic rings. The molecule has 0 aromatic rings. The Kier molecular flexibility index (Phi) is 4.91. The van der Waals surface area contributed by atoms with Crippen LogP contribution in [-0.2, 0) is 22.9 Å². The van der Waals surface area contributed by atoms with Crippen molar-refractivity contribution < 1.29 is 32.7 Å². The van der Waals surface area contributed by atoms with Crippen molar-refractivity contribution >= 4 is 15.2 Å². The van der Waals surface area contributed by atoms with Crippen LogP contribution in [0.1, 0.15) is 6.42 Å². The molecule has 0 amide bonds. The van der Waals surface area contributed by atoms with Gasteiger partial charge in [0.25, 0.3) is 0 Å². The van der Waals surface area contributed by atoms with Crippen LogP contribution in [0.5, 0.6) is 0 Å². The van der Waals surface area contributed by atoms with Crippen LogP contribution >= 0.6 is 15.2 Å². The smallest absolute Gasteiger partial charge is 0.325 e. The molecule has 17 heavy (non-hydrogen) atoms. The summed E-state index contributed by atoms with van der Waals surface area (Å²) in [5, 5.41) is 0. The highest BCUT2D eigenvalue weighted by molar-refractivity contribution is 7.52. The zero-order valence-electron chi connectivity index (χ0n) is 9.55. The molecule has 0 aliphatic carbocycles. The van der Waals surface area contributed by atoms with Crippen LogP contribution in [0.2, 0.25) is 0 Å². The molecule has 1 rings (SSSR count). The maximum Gasteiger partial charge on any atom is 0.325 e. The highest BCUT2D eigenvalue weighted by Gasteiger charge is 2.38. The fourth-order valence-corrected chi connectivity index (χ4v) is 2.62. The van der Waals surface area contributed by atoms with Gasteiger partial charge < -0.3 is 29.3 Å². The van der Waals surface area contributed by atoms with Gasteiger partial charge in [-0.1, -0.05) is 0 Å². The average Bonchev–Trinajstić information content (AvgIpc) is 2.38. The van der Waals surface area contributed by atoms with Gasteiger partial charge >= 0.3 is 15.2 Å². The maximum atomic E-state index is 11.1. The molecule has 0 saturated carbocycles. The van der Waals surface area contributed by atoms with Crippen LogP contribution in [-0.4, -0.2) is 48.2 Å². The molecule has 4 unspecified atom stereocenters. The molecular weight excluding hydrogens is 272 g/mol. The van der Waals surface area contributed by atoms with E-state index in [0.717, 1.165) is 13.3 Å². The van der Waals surface area contributed by atoms with Gasteiger partial charge in [-0.15, -0.1) is 0 Å². The molecule has 1 saturated heterocycles. The molecule has 0 radical (unpaired) electrons. The van der Waals surface area contributed by atoms with E-state index >= 15 is 0 Å². The Labute approximate surface area is 99.1 Å². The normalized spacial score (nSPS) is 36.4. The summed E-state index contributed by atoms with van der Waals surface area (Å²) in [6, 6.07) is 0. The average molecular weight is 289 g/mol. The van der Waals surface area contributed by atoms with Gasteiger partial charge in [0, 0.05) is 19.8 Å². The second-order valence-electron chi connectivity index (χ2n) is 3.99. The third-order valence-corrected chi connectivity index (χ3v) is 3.33. The Hall–Kier alpha value is 0.220. The van der Waals surface area contributed by atoms with Gasteiger partial charge in [0.1, 0.15) is 12.3 Å². The second-order valence-corrected chi connectivity index (χ2v) is 7.68. The number of hydrogen-bond acceptors (Lipinski definition) is 6. The molecule has 1 aliphatic heterocycles. The van der Waals surface area contributed by atoms with E-state index in [1.807, 2.05) is 0 Å². The molecule has 1 fully saturated rings. The highest BCUT2D eigenvalue weighted by atomic mass is 31.2. The summed E-state index contributed by atoms with van der Waals surface area (Å²) in [4.78, 5) is 18.1. The van der Waals surface area contributed by atoms with Gasteiger partial charge in [0.2, 0.25) is 0 Å². The number of ether oxygens (including phenoxy) is 1. The van der Waals surface area contributed by atoms with E-state index in [0.29, 0.717) is 0 Å². The second kappa shape index (κ2) is 5.47. The zero-order chi connectivity index (χ0) is 13.3. The molecule has 0 aromatic heterocycles. The molecule has 0 aromatic carbocycles. The zero-order valence-corrected chi connectivity index (χ0v) is 11.3. The van der Waals surface area contributed by atoms with Crippen molar-refractivity contribution in [2.45, 2.75) is 24.9 Å². The first kappa shape index (κ1) is 15.3. The van der Waals surface area contributed by atoms with Gasteiger partial charge in [-0.25, -0.2) is 0 Å². The largest absolute Gasteiger partial charge is 0.355 e. The lowest BCUT2D eigenvalue weighted by Crippen LogP contribution is -2.28. The molecule has 1 heterocycles. The lowest BCUT2D eigenvalue weighted by Gasteiger charge is -2.20. The van der Waals surface area contributed by atoms with Crippen LogP contribution in [0.4, 0.5) is 0 Å². The number of nitrogens with two attached hydrogens (primary N) is 1. The first-order valence-electron chi connectivity index (χ1n) is 4.91. The number of rotatable bonds is 5. The van der Waals surface area contributed by atoms with Crippen molar-refractivity contribution in [3.05, 3.63) is 0 Å². The van der Waals surface area contributed by atoms with Crippen LogP contribution in [0.3, 0.4) is 0 Å². The van der Waals surface area contributed by atoms with Crippen molar-refractivity contribution in [1.29, 1.82) is 0 Å². The molecular formula is C7H17NO7P2. The van der Waals surface area contributed by atoms with E-state index in [9.17, 15) is 9.13 Å². The summed E-state index contributed by atoms with van der Waals surface area (Å²) in [5.41, 5.74) is 5.51. The summed E-state index contributed by atoms with van der Waals surface area (Å²) in [5.74, 6) is 0. The van der Waals surface area contributed by atoms with Crippen LogP contribution in [0, 0.1) is 0 Å². The summed E-state index contributed by atoms with van der Waals surface area (Å²) in [6.07, 6.45) is -1.87. The summed E-state index contributed by atoms with van der Waals surface area (Å²) in [6.45, 7) is 1.86. The van der Waals surface area contributed by atoms with E-state index in [2.05, 4.69) is 4.52 Å². The van der Waals surface area contributed by atoms with Gasteiger partial charge in [0.15, 0.2) is 0 Å². The quantitative estimate of drug-likeness (QED) is 0.607. The minimum absolute atomic E-state index is 0.220. The minimum atomic E-state index is -3.67. The Morgan fingerprint density at radius 3 is 2.41 bits per heavy atom. The molecule has 4 N–H and O–H groups in total. The van der Waals surface area contributed by atoms with E-state index in [-0.39, 0.29) is 13.0 Å². The van der Waals surface area contributed by atoms with Crippen LogP contribution in [0.15, 0.2) is 0 Å². The van der Waals surface area contributed by atoms with Gasteiger partial charge in [0.05, 0.1) is 12.7 Å². The predicted molar refractivity (Wildman–Crippen MR) is 59.8 cm³/mol. The van der Waals surface area contributed by atoms with E-state index in [4.69, 9.17) is 24.8 Å². The molecule has 10 heteroatoms. The first-order valence-corrected chi connectivity index (χ1v) is 8.96. The van der Waals surface area contributed by atoms with E-state index in [1.54, 1.807) is 0 Å². The fourth-order valence-electron chi connectivity index (χ4n) is 1.47. The van der Waals surface area contributed by atoms with Crippen molar-refractivity contribution in [1.82, 2.24) is 0 Å². The van der Waals surface area contributed by atoms with Crippen molar-refractivity contribution in [3.8, 4) is 0 Å². The Bertz CT molecular complexity index is 350. The summed E-state index contributed by atoms with van der Waals surface area (Å²) in [7, 11) is -7.29. The Morgan fingerprint density at radius 2 is 1.94 bits per heavy atom. The topological polar surface area (TPSA) is 128 Å². The molecule has 5 atom stereocenters.